The normalized spacial score (nSPS) is 18.6. The smallest absolute Gasteiger partial charge is 0.388 e. The van der Waals surface area contributed by atoms with E-state index in [0.717, 1.165) is 44.0 Å². The van der Waals surface area contributed by atoms with Crippen molar-refractivity contribution in [3.63, 3.8) is 0 Å². The van der Waals surface area contributed by atoms with Crippen LogP contribution in [-0.2, 0) is 6.18 Å². The summed E-state index contributed by atoms with van der Waals surface area (Å²) in [5.74, 6) is 0. The molecule has 1 fully saturated rings. The van der Waals surface area contributed by atoms with Gasteiger partial charge in [0, 0.05) is 38.4 Å². The van der Waals surface area contributed by atoms with Crippen LogP contribution in [0.15, 0.2) is 36.9 Å². The molecular formula is C15H19F3N2O. The second-order valence-electron chi connectivity index (χ2n) is 5.14. The molecule has 1 saturated heterocycles. The number of hydrogen-bond donors (Lipinski definition) is 1. The third kappa shape index (κ3) is 4.22. The number of aliphatic hydroxyl groups is 1. The van der Waals surface area contributed by atoms with Crippen molar-refractivity contribution in [2.24, 2.45) is 0 Å². The van der Waals surface area contributed by atoms with Crippen LogP contribution >= 0.6 is 0 Å². The maximum absolute atomic E-state index is 12.5. The van der Waals surface area contributed by atoms with E-state index < -0.39 is 17.8 Å². The van der Waals surface area contributed by atoms with E-state index in [1.807, 2.05) is 0 Å². The molecule has 0 aliphatic carbocycles. The van der Waals surface area contributed by atoms with Crippen LogP contribution in [0.3, 0.4) is 0 Å². The predicted molar refractivity (Wildman–Crippen MR) is 76.3 cm³/mol. The summed E-state index contributed by atoms with van der Waals surface area (Å²) in [6.45, 7) is 7.09. The molecule has 0 aromatic heterocycles. The molecule has 0 radical (unpaired) electrons. The number of β-amino-alcohol motifs (C(OH)–C–C–N with tert-alkyl or cyclic N) is 1. The zero-order valence-electron chi connectivity index (χ0n) is 11.7. The van der Waals surface area contributed by atoms with Crippen LogP contribution in [0.4, 0.5) is 18.9 Å². The molecule has 1 N–H and O–H groups in total. The molecule has 3 nitrogen and oxygen atoms in total. The van der Waals surface area contributed by atoms with Crippen LogP contribution in [0.5, 0.6) is 0 Å². The van der Waals surface area contributed by atoms with Crippen molar-refractivity contribution in [1.82, 2.24) is 4.90 Å². The summed E-state index contributed by atoms with van der Waals surface area (Å²) in [7, 11) is 0. The zero-order valence-corrected chi connectivity index (χ0v) is 11.7. The van der Waals surface area contributed by atoms with Crippen molar-refractivity contribution >= 4 is 5.69 Å². The Morgan fingerprint density at radius 1 is 1.14 bits per heavy atom. The number of nitrogens with zero attached hydrogens (tertiary/aromatic N) is 2. The Morgan fingerprint density at radius 2 is 1.71 bits per heavy atom. The quantitative estimate of drug-likeness (QED) is 0.865. The van der Waals surface area contributed by atoms with Gasteiger partial charge in [-0.05, 0) is 24.3 Å². The van der Waals surface area contributed by atoms with E-state index in [2.05, 4.69) is 16.4 Å². The third-order valence-electron chi connectivity index (χ3n) is 3.65. The molecule has 1 aromatic rings. The Kier molecular flexibility index (Phi) is 4.90. The fourth-order valence-corrected chi connectivity index (χ4v) is 2.39. The summed E-state index contributed by atoms with van der Waals surface area (Å²) in [4.78, 5) is 4.17. The molecule has 0 bridgehead atoms. The molecular weight excluding hydrogens is 281 g/mol. The summed E-state index contributed by atoms with van der Waals surface area (Å²) in [6, 6.07) is 5.25. The first-order valence-corrected chi connectivity index (χ1v) is 6.85. The monoisotopic (exact) mass is 300 g/mol. The molecule has 0 saturated carbocycles. The Balaban J connectivity index is 1.92. The lowest BCUT2D eigenvalue weighted by Gasteiger charge is -2.36. The van der Waals surface area contributed by atoms with E-state index >= 15 is 0 Å². The minimum atomic E-state index is -4.29. The topological polar surface area (TPSA) is 26.7 Å². The minimum absolute atomic E-state index is 0.539. The molecule has 1 aromatic carbocycles. The maximum Gasteiger partial charge on any atom is 0.416 e. The van der Waals surface area contributed by atoms with Gasteiger partial charge in [0.2, 0.25) is 0 Å². The fourth-order valence-electron chi connectivity index (χ4n) is 2.39. The van der Waals surface area contributed by atoms with Crippen LogP contribution in [0.2, 0.25) is 0 Å². The van der Waals surface area contributed by atoms with Crippen molar-refractivity contribution < 1.29 is 18.3 Å². The molecule has 1 aliphatic heterocycles. The predicted octanol–water partition coefficient (Wildman–Crippen LogP) is 2.37. The molecule has 0 unspecified atom stereocenters. The lowest BCUT2D eigenvalue weighted by Crippen LogP contribution is -2.48. The number of anilines is 1. The highest BCUT2D eigenvalue weighted by atomic mass is 19.4. The van der Waals surface area contributed by atoms with E-state index in [1.165, 1.54) is 18.2 Å². The number of rotatable bonds is 4. The van der Waals surface area contributed by atoms with Gasteiger partial charge in [0.1, 0.15) is 0 Å². The number of aliphatic hydroxyl groups excluding tert-OH is 1. The lowest BCUT2D eigenvalue weighted by molar-refractivity contribution is -0.137. The number of alkyl halides is 3. The van der Waals surface area contributed by atoms with Crippen molar-refractivity contribution in [2.45, 2.75) is 12.3 Å². The van der Waals surface area contributed by atoms with Gasteiger partial charge in [-0.15, -0.1) is 6.58 Å². The molecule has 6 heteroatoms. The Labute approximate surface area is 122 Å². The van der Waals surface area contributed by atoms with Gasteiger partial charge in [-0.25, -0.2) is 0 Å². The number of piperazine rings is 1. The SMILES string of the molecule is C=C[C@H](O)CN1CCN(c2ccc(C(F)(F)F)cc2)CC1. The van der Waals surface area contributed by atoms with Crippen LogP contribution < -0.4 is 4.90 Å². The Hall–Kier alpha value is -1.53. The standard InChI is InChI=1S/C15H19F3N2O/c1-2-14(21)11-19-7-9-20(10-8-19)13-5-3-12(4-6-13)15(16,17)18/h2-6,14,21H,1,7-11H2/t14-/m0/s1. The molecule has 2 rings (SSSR count). The highest BCUT2D eigenvalue weighted by Gasteiger charge is 2.30. The van der Waals surface area contributed by atoms with E-state index in [9.17, 15) is 18.3 Å². The van der Waals surface area contributed by atoms with Gasteiger partial charge < -0.3 is 10.0 Å². The van der Waals surface area contributed by atoms with E-state index in [0.29, 0.717) is 6.54 Å². The number of benzene rings is 1. The van der Waals surface area contributed by atoms with Crippen LogP contribution in [-0.4, -0.2) is 48.8 Å². The molecule has 1 heterocycles. The summed E-state index contributed by atoms with van der Waals surface area (Å²) in [5.41, 5.74) is 0.172. The van der Waals surface area contributed by atoms with Crippen LogP contribution in [0.25, 0.3) is 0 Å². The Morgan fingerprint density at radius 3 is 2.19 bits per heavy atom. The van der Waals surface area contributed by atoms with E-state index in [1.54, 1.807) is 0 Å². The second kappa shape index (κ2) is 6.49. The average molecular weight is 300 g/mol. The van der Waals surface area contributed by atoms with E-state index in [-0.39, 0.29) is 0 Å². The average Bonchev–Trinajstić information content (AvgIpc) is 2.47. The molecule has 0 spiro atoms. The highest BCUT2D eigenvalue weighted by molar-refractivity contribution is 5.48. The van der Waals surface area contributed by atoms with Gasteiger partial charge in [0.15, 0.2) is 0 Å². The minimum Gasteiger partial charge on any atom is -0.388 e. The summed E-state index contributed by atoms with van der Waals surface area (Å²) in [6.07, 6.45) is -3.33. The largest absolute Gasteiger partial charge is 0.416 e. The molecule has 116 valence electrons. The first-order valence-electron chi connectivity index (χ1n) is 6.85. The second-order valence-corrected chi connectivity index (χ2v) is 5.14. The van der Waals surface area contributed by atoms with Crippen LogP contribution in [0.1, 0.15) is 5.56 Å². The van der Waals surface area contributed by atoms with E-state index in [4.69, 9.17) is 0 Å². The molecule has 1 atom stereocenters. The molecule has 21 heavy (non-hydrogen) atoms. The zero-order chi connectivity index (χ0) is 15.5. The van der Waals surface area contributed by atoms with Gasteiger partial charge in [0.05, 0.1) is 11.7 Å². The van der Waals surface area contributed by atoms with Crippen LogP contribution in [0, 0.1) is 0 Å². The van der Waals surface area contributed by atoms with Crippen molar-refractivity contribution in [1.29, 1.82) is 0 Å². The number of halogens is 3. The maximum atomic E-state index is 12.5. The van der Waals surface area contributed by atoms with Crippen molar-refractivity contribution in [3.8, 4) is 0 Å². The van der Waals surface area contributed by atoms with Crippen molar-refractivity contribution in [2.75, 3.05) is 37.6 Å². The first-order chi connectivity index (χ1) is 9.90. The van der Waals surface area contributed by atoms with Crippen molar-refractivity contribution in [3.05, 3.63) is 42.5 Å². The van der Waals surface area contributed by atoms with Gasteiger partial charge in [-0.3, -0.25) is 4.90 Å². The summed E-state index contributed by atoms with van der Waals surface area (Å²) < 4.78 is 37.5. The molecule has 1 aliphatic rings. The summed E-state index contributed by atoms with van der Waals surface area (Å²) in [5, 5.41) is 9.52. The fraction of sp³-hybridized carbons (Fsp3) is 0.467. The van der Waals surface area contributed by atoms with Gasteiger partial charge in [0.25, 0.3) is 0 Å². The molecule has 0 amide bonds. The Bertz CT molecular complexity index is 465. The summed E-state index contributed by atoms with van der Waals surface area (Å²) >= 11 is 0. The number of hydrogen-bond acceptors (Lipinski definition) is 3. The van der Waals surface area contributed by atoms with Gasteiger partial charge in [-0.1, -0.05) is 6.08 Å². The van der Waals surface area contributed by atoms with Gasteiger partial charge >= 0.3 is 6.18 Å². The lowest BCUT2D eigenvalue weighted by atomic mass is 10.1. The highest BCUT2D eigenvalue weighted by Crippen LogP contribution is 2.30. The van der Waals surface area contributed by atoms with Gasteiger partial charge in [-0.2, -0.15) is 13.2 Å². The first kappa shape index (κ1) is 15.9. The third-order valence-corrected chi connectivity index (χ3v) is 3.65.